The van der Waals surface area contributed by atoms with Crippen molar-refractivity contribution in [3.63, 3.8) is 0 Å². The molecule has 2 aromatic rings. The number of amides is 1. The summed E-state index contributed by atoms with van der Waals surface area (Å²) in [6.07, 6.45) is 0.858. The predicted molar refractivity (Wildman–Crippen MR) is 101 cm³/mol. The molecule has 6 nitrogen and oxygen atoms in total. The largest absolute Gasteiger partial charge is 0.385 e. The van der Waals surface area contributed by atoms with Crippen LogP contribution in [0.4, 0.5) is 0 Å². The number of nitriles is 1. The van der Waals surface area contributed by atoms with Gasteiger partial charge in [-0.1, -0.05) is 12.1 Å². The summed E-state index contributed by atoms with van der Waals surface area (Å²) in [6.45, 7) is 0.481. The van der Waals surface area contributed by atoms with Gasteiger partial charge in [-0.05, 0) is 36.2 Å². The molecule has 0 aliphatic carbocycles. The molecule has 0 radical (unpaired) electrons. The molecule has 2 heterocycles. The van der Waals surface area contributed by atoms with Gasteiger partial charge in [0.05, 0.1) is 23.6 Å². The molecule has 1 aliphatic rings. The Hall–Kier alpha value is -2.69. The Balaban J connectivity index is 1.98. The van der Waals surface area contributed by atoms with Crippen molar-refractivity contribution in [2.75, 3.05) is 20.8 Å². The molecule has 1 amide bonds. The number of methoxy groups -OCH3 is 1. The number of nitrogens with zero attached hydrogens (tertiary/aromatic N) is 2. The fourth-order valence-corrected chi connectivity index (χ4v) is 4.22. The van der Waals surface area contributed by atoms with E-state index in [0.29, 0.717) is 18.6 Å². The third-order valence-corrected chi connectivity index (χ3v) is 5.95. The molecular weight excluding hydrogens is 348 g/mol. The molecule has 0 saturated carbocycles. The topological polar surface area (TPSA) is 89.2 Å². The molecule has 3 rings (SSSR count). The van der Waals surface area contributed by atoms with Gasteiger partial charge < -0.3 is 10.1 Å². The second-order valence-electron chi connectivity index (χ2n) is 6.28. The van der Waals surface area contributed by atoms with Crippen molar-refractivity contribution in [3.05, 3.63) is 46.8 Å². The summed E-state index contributed by atoms with van der Waals surface area (Å²) in [5.74, 6) is 0.00469. The van der Waals surface area contributed by atoms with Crippen LogP contribution in [0.5, 0.6) is 0 Å². The van der Waals surface area contributed by atoms with Crippen LogP contribution in [0, 0.1) is 16.7 Å². The lowest BCUT2D eigenvalue weighted by atomic mass is 9.87. The number of carbonyl (C=O) groups excluding carboxylic acids is 1. The summed E-state index contributed by atoms with van der Waals surface area (Å²) in [4.78, 5) is 15.7. The van der Waals surface area contributed by atoms with Crippen LogP contribution in [0.2, 0.25) is 0 Å². The normalized spacial score (nSPS) is 20.0. The second kappa shape index (κ2) is 7.28. The molecule has 1 fully saturated rings. The SMILES string of the molecule is COCC[C@@]1(c2ccc(-c3cccc(C#N)c3)s2)CC(=O)N(C)C(=N)N1. The average Bonchev–Trinajstić information content (AvgIpc) is 3.15. The summed E-state index contributed by atoms with van der Waals surface area (Å²) in [7, 11) is 3.23. The van der Waals surface area contributed by atoms with Crippen LogP contribution in [-0.2, 0) is 15.1 Å². The summed E-state index contributed by atoms with van der Waals surface area (Å²) in [6, 6.07) is 13.6. The van der Waals surface area contributed by atoms with Gasteiger partial charge in [-0.3, -0.25) is 15.1 Å². The first-order chi connectivity index (χ1) is 12.5. The van der Waals surface area contributed by atoms with Crippen LogP contribution in [0.1, 0.15) is 23.3 Å². The minimum Gasteiger partial charge on any atom is -0.385 e. The summed E-state index contributed by atoms with van der Waals surface area (Å²) in [5, 5.41) is 20.4. The Kier molecular flexibility index (Phi) is 5.07. The number of ether oxygens (including phenoxy) is 1. The molecule has 1 saturated heterocycles. The highest BCUT2D eigenvalue weighted by Crippen LogP contribution is 2.40. The van der Waals surface area contributed by atoms with Crippen LogP contribution >= 0.6 is 11.3 Å². The number of benzene rings is 1. The number of thiophene rings is 1. The summed E-state index contributed by atoms with van der Waals surface area (Å²) in [5.41, 5.74) is 0.935. The lowest BCUT2D eigenvalue weighted by Crippen LogP contribution is -2.59. The van der Waals surface area contributed by atoms with Crippen molar-refractivity contribution in [2.45, 2.75) is 18.4 Å². The zero-order chi connectivity index (χ0) is 18.7. The molecule has 2 N–H and O–H groups in total. The minimum absolute atomic E-state index is 0.0914. The fourth-order valence-electron chi connectivity index (χ4n) is 3.05. The number of nitrogens with one attached hydrogen (secondary N) is 2. The number of hydrogen-bond acceptors (Lipinski definition) is 5. The van der Waals surface area contributed by atoms with Gasteiger partial charge in [-0.25, -0.2) is 0 Å². The number of carbonyl (C=O) groups is 1. The van der Waals surface area contributed by atoms with Crippen LogP contribution in [0.25, 0.3) is 10.4 Å². The van der Waals surface area contributed by atoms with E-state index in [2.05, 4.69) is 11.4 Å². The van der Waals surface area contributed by atoms with Gasteiger partial charge in [0, 0.05) is 30.5 Å². The highest BCUT2D eigenvalue weighted by atomic mass is 32.1. The zero-order valence-corrected chi connectivity index (χ0v) is 15.5. The zero-order valence-electron chi connectivity index (χ0n) is 14.7. The maximum Gasteiger partial charge on any atom is 0.231 e. The smallest absolute Gasteiger partial charge is 0.231 e. The van der Waals surface area contributed by atoms with Gasteiger partial charge in [0.25, 0.3) is 0 Å². The van der Waals surface area contributed by atoms with Crippen LogP contribution < -0.4 is 5.32 Å². The Morgan fingerprint density at radius 3 is 2.92 bits per heavy atom. The monoisotopic (exact) mass is 368 g/mol. The first-order valence-corrected chi connectivity index (χ1v) is 9.04. The van der Waals surface area contributed by atoms with E-state index >= 15 is 0 Å². The lowest BCUT2D eigenvalue weighted by Gasteiger charge is -2.41. The molecule has 1 aromatic carbocycles. The number of hydrogen-bond donors (Lipinski definition) is 2. The number of rotatable bonds is 5. The average molecular weight is 368 g/mol. The van der Waals surface area contributed by atoms with E-state index in [1.807, 2.05) is 30.3 Å². The van der Waals surface area contributed by atoms with Crippen molar-refractivity contribution >= 4 is 23.2 Å². The first kappa shape index (κ1) is 18.1. The Labute approximate surface area is 156 Å². The molecule has 0 bridgehead atoms. The Bertz CT molecular complexity index is 866. The summed E-state index contributed by atoms with van der Waals surface area (Å²) < 4.78 is 5.24. The standard InChI is InChI=1S/C19H20N4O2S/c1-23-17(24)11-19(8-9-25-2,22-18(23)21)16-7-6-15(26-16)14-5-3-4-13(10-14)12-20/h3-7,10H,8-9,11H2,1-2H3,(H2,21,22)/t19-/m0/s1. The third kappa shape index (κ3) is 3.34. The van der Waals surface area contributed by atoms with E-state index in [1.165, 1.54) is 4.90 Å². The molecular formula is C19H20N4O2S. The summed E-state index contributed by atoms with van der Waals surface area (Å²) >= 11 is 1.57. The second-order valence-corrected chi connectivity index (χ2v) is 7.37. The molecule has 134 valence electrons. The first-order valence-electron chi connectivity index (χ1n) is 8.22. The van der Waals surface area contributed by atoms with Crippen molar-refractivity contribution in [2.24, 2.45) is 0 Å². The molecule has 1 atom stereocenters. The van der Waals surface area contributed by atoms with E-state index < -0.39 is 5.54 Å². The van der Waals surface area contributed by atoms with Crippen molar-refractivity contribution in [1.29, 1.82) is 10.7 Å². The number of guanidine groups is 1. The quantitative estimate of drug-likeness (QED) is 0.849. The van der Waals surface area contributed by atoms with E-state index in [-0.39, 0.29) is 18.3 Å². The van der Waals surface area contributed by atoms with Gasteiger partial charge in [0.1, 0.15) is 0 Å². The van der Waals surface area contributed by atoms with Crippen molar-refractivity contribution < 1.29 is 9.53 Å². The van der Waals surface area contributed by atoms with E-state index in [9.17, 15) is 4.79 Å². The predicted octanol–water partition coefficient (Wildman–Crippen LogP) is 2.91. The maximum absolute atomic E-state index is 12.4. The van der Waals surface area contributed by atoms with Gasteiger partial charge in [0.2, 0.25) is 5.91 Å². The highest BCUT2D eigenvalue weighted by molar-refractivity contribution is 7.15. The van der Waals surface area contributed by atoms with Gasteiger partial charge in [-0.15, -0.1) is 11.3 Å². The molecule has 0 unspecified atom stereocenters. The van der Waals surface area contributed by atoms with Gasteiger partial charge >= 0.3 is 0 Å². The Morgan fingerprint density at radius 2 is 2.23 bits per heavy atom. The third-order valence-electron chi connectivity index (χ3n) is 4.61. The van der Waals surface area contributed by atoms with Crippen molar-refractivity contribution in [1.82, 2.24) is 10.2 Å². The van der Waals surface area contributed by atoms with Crippen LogP contribution in [0.3, 0.4) is 0 Å². The van der Waals surface area contributed by atoms with Gasteiger partial charge in [-0.2, -0.15) is 5.26 Å². The lowest BCUT2D eigenvalue weighted by molar-refractivity contribution is -0.129. The minimum atomic E-state index is -0.646. The van der Waals surface area contributed by atoms with Crippen LogP contribution in [0.15, 0.2) is 36.4 Å². The fraction of sp³-hybridized carbons (Fsp3) is 0.316. The molecule has 7 heteroatoms. The van der Waals surface area contributed by atoms with Crippen molar-refractivity contribution in [3.8, 4) is 16.5 Å². The van der Waals surface area contributed by atoms with Gasteiger partial charge in [0.15, 0.2) is 5.96 Å². The van der Waals surface area contributed by atoms with E-state index in [4.69, 9.17) is 15.4 Å². The molecule has 26 heavy (non-hydrogen) atoms. The molecule has 0 spiro atoms. The maximum atomic E-state index is 12.4. The van der Waals surface area contributed by atoms with E-state index in [1.54, 1.807) is 31.6 Å². The van der Waals surface area contributed by atoms with Crippen LogP contribution in [-0.4, -0.2) is 37.5 Å². The van der Waals surface area contributed by atoms with E-state index in [0.717, 1.165) is 15.3 Å². The Morgan fingerprint density at radius 1 is 1.42 bits per heavy atom. The molecule has 1 aliphatic heterocycles. The highest BCUT2D eigenvalue weighted by Gasteiger charge is 2.42. The molecule has 1 aromatic heterocycles.